The van der Waals surface area contributed by atoms with Crippen LogP contribution in [-0.4, -0.2) is 51.5 Å². The van der Waals surface area contributed by atoms with Gasteiger partial charge in [-0.25, -0.2) is 23.7 Å². The zero-order chi connectivity index (χ0) is 27.2. The number of anilines is 1. The van der Waals surface area contributed by atoms with Crippen LogP contribution in [-0.2, 0) is 10.2 Å². The fourth-order valence-corrected chi connectivity index (χ4v) is 5.79. The molecule has 12 heteroatoms. The van der Waals surface area contributed by atoms with Crippen molar-refractivity contribution in [2.45, 2.75) is 33.1 Å². The highest BCUT2D eigenvalue weighted by Crippen LogP contribution is 2.30. The lowest BCUT2D eigenvalue weighted by Gasteiger charge is -2.18. The number of rotatable bonds is 7. The standard InChI is InChI=1S/C26H26F2N6O3S/c1-14(2)25-29-10-17(11-30-25)16-8-18-19(12-32-26(18)31-9-16)24(35)22-20(27)4-5-21(23(22)28)33-38(36,37)34-7-6-15(3)13-34/h4-5,8-12,14-15,33H,6-7,13H2,1-3H3,(H,31,32)/t15-/m0/s1. The Kier molecular flexibility index (Phi) is 6.70. The summed E-state index contributed by atoms with van der Waals surface area (Å²) in [6.07, 6.45) is 6.88. The number of ketones is 1. The van der Waals surface area contributed by atoms with Gasteiger partial charge in [-0.05, 0) is 30.5 Å². The number of fused-ring (bicyclic) bond motifs is 1. The molecule has 198 valence electrons. The Morgan fingerprint density at radius 1 is 1.13 bits per heavy atom. The average Bonchev–Trinajstić information content (AvgIpc) is 3.52. The molecule has 9 nitrogen and oxygen atoms in total. The maximum Gasteiger partial charge on any atom is 0.301 e. The van der Waals surface area contributed by atoms with Crippen LogP contribution in [0.15, 0.2) is 43.0 Å². The predicted molar refractivity (Wildman–Crippen MR) is 139 cm³/mol. The minimum absolute atomic E-state index is 0.0137. The van der Waals surface area contributed by atoms with Crippen molar-refractivity contribution in [3.63, 3.8) is 0 Å². The molecule has 2 N–H and O–H groups in total. The second kappa shape index (κ2) is 9.84. The second-order valence-electron chi connectivity index (χ2n) is 9.78. The first kappa shape index (κ1) is 25.9. The van der Waals surface area contributed by atoms with E-state index >= 15 is 4.39 Å². The van der Waals surface area contributed by atoms with Crippen LogP contribution >= 0.6 is 0 Å². The molecule has 1 aromatic carbocycles. The number of aromatic nitrogens is 4. The Bertz CT molecular complexity index is 1640. The van der Waals surface area contributed by atoms with Crippen molar-refractivity contribution >= 4 is 32.7 Å². The van der Waals surface area contributed by atoms with Crippen LogP contribution in [0.25, 0.3) is 22.2 Å². The number of H-pyrrole nitrogens is 1. The molecular weight excluding hydrogens is 514 g/mol. The van der Waals surface area contributed by atoms with Crippen molar-refractivity contribution in [3.05, 3.63) is 71.6 Å². The topological polar surface area (TPSA) is 121 Å². The zero-order valence-corrected chi connectivity index (χ0v) is 21.8. The molecule has 1 fully saturated rings. The molecule has 0 spiro atoms. The van der Waals surface area contributed by atoms with Crippen molar-refractivity contribution in [1.29, 1.82) is 0 Å². The maximum absolute atomic E-state index is 15.5. The number of benzene rings is 1. The molecule has 1 saturated heterocycles. The highest BCUT2D eigenvalue weighted by atomic mass is 32.2. The van der Waals surface area contributed by atoms with Crippen LogP contribution < -0.4 is 4.72 Å². The number of nitrogens with one attached hydrogen (secondary N) is 2. The molecular formula is C26H26F2N6O3S. The van der Waals surface area contributed by atoms with Gasteiger partial charge in [0.25, 0.3) is 0 Å². The van der Waals surface area contributed by atoms with Gasteiger partial charge in [-0.3, -0.25) is 9.52 Å². The summed E-state index contributed by atoms with van der Waals surface area (Å²) in [6.45, 7) is 6.46. The van der Waals surface area contributed by atoms with E-state index in [4.69, 9.17) is 0 Å². The Morgan fingerprint density at radius 3 is 2.50 bits per heavy atom. The van der Waals surface area contributed by atoms with E-state index in [1.807, 2.05) is 20.8 Å². The normalized spacial score (nSPS) is 16.4. The number of pyridine rings is 1. The fourth-order valence-electron chi connectivity index (χ4n) is 4.42. The third-order valence-electron chi connectivity index (χ3n) is 6.58. The van der Waals surface area contributed by atoms with Crippen LogP contribution in [0, 0.1) is 17.6 Å². The quantitative estimate of drug-likeness (QED) is 0.329. The van der Waals surface area contributed by atoms with E-state index in [9.17, 15) is 17.6 Å². The molecule has 1 aliphatic rings. The van der Waals surface area contributed by atoms with Crippen LogP contribution in [0.3, 0.4) is 0 Å². The summed E-state index contributed by atoms with van der Waals surface area (Å²) in [6, 6.07) is 3.50. The van der Waals surface area contributed by atoms with E-state index in [1.54, 1.807) is 24.7 Å². The Morgan fingerprint density at radius 2 is 1.84 bits per heavy atom. The summed E-state index contributed by atoms with van der Waals surface area (Å²) >= 11 is 0. The maximum atomic E-state index is 15.5. The van der Waals surface area contributed by atoms with Crippen molar-refractivity contribution < 1.29 is 22.0 Å². The summed E-state index contributed by atoms with van der Waals surface area (Å²) in [5, 5.41) is 0.344. The van der Waals surface area contributed by atoms with E-state index in [2.05, 4.69) is 24.7 Å². The molecule has 0 saturated carbocycles. The molecule has 4 aromatic rings. The smallest absolute Gasteiger partial charge is 0.301 e. The Hall–Kier alpha value is -3.77. The molecule has 1 aliphatic heterocycles. The van der Waals surface area contributed by atoms with Crippen molar-refractivity contribution in [3.8, 4) is 11.1 Å². The van der Waals surface area contributed by atoms with Gasteiger partial charge < -0.3 is 4.98 Å². The van der Waals surface area contributed by atoms with Crippen LogP contribution in [0.4, 0.5) is 14.5 Å². The summed E-state index contributed by atoms with van der Waals surface area (Å²) in [5.74, 6) is -2.35. The van der Waals surface area contributed by atoms with Gasteiger partial charge in [0, 0.05) is 65.9 Å². The largest absolute Gasteiger partial charge is 0.345 e. The van der Waals surface area contributed by atoms with Gasteiger partial charge >= 0.3 is 10.2 Å². The van der Waals surface area contributed by atoms with Gasteiger partial charge in [-0.15, -0.1) is 0 Å². The molecule has 0 aliphatic carbocycles. The van der Waals surface area contributed by atoms with E-state index in [1.165, 1.54) is 10.5 Å². The summed E-state index contributed by atoms with van der Waals surface area (Å²) in [4.78, 5) is 29.3. The van der Waals surface area contributed by atoms with Gasteiger partial charge in [-0.1, -0.05) is 20.8 Å². The van der Waals surface area contributed by atoms with Crippen molar-refractivity contribution in [1.82, 2.24) is 24.2 Å². The van der Waals surface area contributed by atoms with Gasteiger partial charge in [0.2, 0.25) is 5.78 Å². The minimum Gasteiger partial charge on any atom is -0.345 e. The molecule has 1 atom stereocenters. The number of halogens is 2. The third kappa shape index (κ3) is 4.76. The number of nitrogens with zero attached hydrogens (tertiary/aromatic N) is 4. The van der Waals surface area contributed by atoms with E-state index in [0.29, 0.717) is 47.5 Å². The van der Waals surface area contributed by atoms with Gasteiger partial charge in [-0.2, -0.15) is 12.7 Å². The second-order valence-corrected chi connectivity index (χ2v) is 11.4. The Balaban J connectivity index is 1.50. The van der Waals surface area contributed by atoms with E-state index in [-0.39, 0.29) is 17.4 Å². The Labute approximate surface area is 218 Å². The fraction of sp³-hybridized carbons (Fsp3) is 0.308. The number of hydrogen-bond donors (Lipinski definition) is 2. The molecule has 4 heterocycles. The predicted octanol–water partition coefficient (Wildman–Crippen LogP) is 4.65. The number of carbonyl (C=O) groups excluding carboxylic acids is 1. The van der Waals surface area contributed by atoms with Crippen LogP contribution in [0.1, 0.15) is 54.9 Å². The van der Waals surface area contributed by atoms with Crippen molar-refractivity contribution in [2.75, 3.05) is 17.8 Å². The molecule has 0 bridgehead atoms. The minimum atomic E-state index is -4.08. The molecule has 5 rings (SSSR count). The van der Waals surface area contributed by atoms with E-state index in [0.717, 1.165) is 12.1 Å². The number of hydrogen-bond acceptors (Lipinski definition) is 6. The summed E-state index contributed by atoms with van der Waals surface area (Å²) in [5.41, 5.74) is 0.237. The third-order valence-corrected chi connectivity index (χ3v) is 8.07. The SMILES string of the molecule is CC(C)c1ncc(-c2cnc3[nH]cc(C(=O)c4c(F)ccc(NS(=O)(=O)N5CC[C@H](C)C5)c4F)c3c2)cn1. The summed E-state index contributed by atoms with van der Waals surface area (Å²) < 4.78 is 59.1. The van der Waals surface area contributed by atoms with Crippen molar-refractivity contribution in [2.24, 2.45) is 5.92 Å². The van der Waals surface area contributed by atoms with Gasteiger partial charge in [0.05, 0.1) is 11.3 Å². The number of aromatic amines is 1. The first-order valence-corrected chi connectivity index (χ1v) is 13.6. The average molecular weight is 541 g/mol. The highest BCUT2D eigenvalue weighted by molar-refractivity contribution is 7.90. The van der Waals surface area contributed by atoms with Crippen LogP contribution in [0.2, 0.25) is 0 Å². The molecule has 38 heavy (non-hydrogen) atoms. The summed E-state index contributed by atoms with van der Waals surface area (Å²) in [7, 11) is -4.08. The molecule has 3 aromatic heterocycles. The van der Waals surface area contributed by atoms with Gasteiger partial charge in [0.1, 0.15) is 17.3 Å². The molecule has 0 radical (unpaired) electrons. The highest BCUT2D eigenvalue weighted by Gasteiger charge is 2.31. The molecule has 0 amide bonds. The lowest BCUT2D eigenvalue weighted by molar-refractivity contribution is 0.103. The first-order chi connectivity index (χ1) is 18.0. The zero-order valence-electron chi connectivity index (χ0n) is 21.0. The molecule has 0 unspecified atom stereocenters. The monoisotopic (exact) mass is 540 g/mol. The lowest BCUT2D eigenvalue weighted by atomic mass is 10.0. The van der Waals surface area contributed by atoms with Crippen LogP contribution in [0.5, 0.6) is 0 Å². The lowest BCUT2D eigenvalue weighted by Crippen LogP contribution is -2.34. The number of carbonyl (C=O) groups is 1. The first-order valence-electron chi connectivity index (χ1n) is 12.1. The van der Waals surface area contributed by atoms with E-state index < -0.39 is 38.9 Å². The van der Waals surface area contributed by atoms with Gasteiger partial charge in [0.15, 0.2) is 5.82 Å².